The molecule has 2 aliphatic rings. The van der Waals surface area contributed by atoms with Gasteiger partial charge in [-0.25, -0.2) is 0 Å². The minimum absolute atomic E-state index is 0.0134. The molecule has 2 heterocycles. The predicted molar refractivity (Wildman–Crippen MR) is 144 cm³/mol. The summed E-state index contributed by atoms with van der Waals surface area (Å²) in [6.07, 6.45) is 2.32. The first kappa shape index (κ1) is 26.2. The standard InChI is InChI=1S/C31H30O8/c1-14-24(34)22(20(33)12-11-17-9-7-6-8-10-17)30-23(25(14)35)29-19(31(4,5)39-30)13-18-27(37)21(16(3)32)26(36)15(2)28(18)38-29/h6-12,19,29,34-37H,13H2,1-5H3. The lowest BCUT2D eigenvalue weighted by Crippen LogP contribution is -2.49. The zero-order valence-electron chi connectivity index (χ0n) is 22.3. The number of hydrogen-bond donors (Lipinski definition) is 4. The third kappa shape index (κ3) is 3.98. The number of ether oxygens (including phenoxy) is 2. The molecular formula is C31H30O8. The van der Waals surface area contributed by atoms with Crippen LogP contribution in [0.5, 0.6) is 34.5 Å². The first-order valence-electron chi connectivity index (χ1n) is 12.6. The first-order chi connectivity index (χ1) is 18.3. The van der Waals surface area contributed by atoms with Gasteiger partial charge in [0.2, 0.25) is 0 Å². The lowest BCUT2D eigenvalue weighted by atomic mass is 9.73. The first-order valence-corrected chi connectivity index (χ1v) is 12.6. The molecule has 2 atom stereocenters. The molecule has 0 fully saturated rings. The van der Waals surface area contributed by atoms with Crippen LogP contribution in [0.4, 0.5) is 0 Å². The quantitative estimate of drug-likeness (QED) is 0.250. The van der Waals surface area contributed by atoms with Crippen LogP contribution in [0.1, 0.15) is 75.4 Å². The van der Waals surface area contributed by atoms with E-state index in [0.717, 1.165) is 5.56 Å². The molecule has 0 bridgehead atoms. The predicted octanol–water partition coefficient (Wildman–Crippen LogP) is 5.69. The molecule has 4 N–H and O–H groups in total. The molecule has 0 radical (unpaired) electrons. The van der Waals surface area contributed by atoms with E-state index >= 15 is 0 Å². The Morgan fingerprint density at radius 2 is 1.54 bits per heavy atom. The number of fused-ring (bicyclic) bond motifs is 4. The van der Waals surface area contributed by atoms with E-state index in [9.17, 15) is 30.0 Å². The van der Waals surface area contributed by atoms with Gasteiger partial charge in [0.1, 0.15) is 57.3 Å². The van der Waals surface area contributed by atoms with E-state index in [-0.39, 0.29) is 63.0 Å². The summed E-state index contributed by atoms with van der Waals surface area (Å²) in [5.74, 6) is -2.66. The molecular weight excluding hydrogens is 500 g/mol. The van der Waals surface area contributed by atoms with Crippen molar-refractivity contribution in [3.63, 3.8) is 0 Å². The van der Waals surface area contributed by atoms with Crippen molar-refractivity contribution in [1.82, 2.24) is 0 Å². The van der Waals surface area contributed by atoms with Gasteiger partial charge in [0.05, 0.1) is 5.56 Å². The van der Waals surface area contributed by atoms with Crippen molar-refractivity contribution in [2.45, 2.75) is 52.7 Å². The SMILES string of the molecule is CC(=O)c1c(O)c(C)c2c(c1O)CC1C(O2)c2c(O)c(C)c(O)c(C(=O)C=Cc3ccccc3)c2OC1(C)C. The van der Waals surface area contributed by atoms with Gasteiger partial charge in [-0.3, -0.25) is 9.59 Å². The second-order valence-corrected chi connectivity index (χ2v) is 10.7. The average molecular weight is 531 g/mol. The molecule has 0 aromatic heterocycles. The van der Waals surface area contributed by atoms with Crippen molar-refractivity contribution in [3.8, 4) is 34.5 Å². The van der Waals surface area contributed by atoms with Crippen molar-refractivity contribution in [2.24, 2.45) is 5.92 Å². The second kappa shape index (κ2) is 9.08. The Hall–Kier alpha value is -4.46. The van der Waals surface area contributed by atoms with Crippen LogP contribution in [0.3, 0.4) is 0 Å². The normalized spacial score (nSPS) is 18.9. The molecule has 8 nitrogen and oxygen atoms in total. The number of ketones is 2. The number of rotatable bonds is 4. The van der Waals surface area contributed by atoms with Crippen LogP contribution in [-0.2, 0) is 6.42 Å². The Balaban J connectivity index is 1.69. The maximum Gasteiger partial charge on any atom is 0.193 e. The zero-order valence-corrected chi connectivity index (χ0v) is 22.3. The maximum absolute atomic E-state index is 13.4. The zero-order chi connectivity index (χ0) is 28.4. The van der Waals surface area contributed by atoms with Gasteiger partial charge < -0.3 is 29.9 Å². The van der Waals surface area contributed by atoms with Crippen LogP contribution in [0.2, 0.25) is 0 Å². The highest BCUT2D eigenvalue weighted by Crippen LogP contribution is 2.59. The Morgan fingerprint density at radius 3 is 2.18 bits per heavy atom. The number of aromatic hydroxyl groups is 4. The molecule has 2 aliphatic heterocycles. The number of carbonyl (C=O) groups excluding carboxylic acids is 2. The molecule has 0 saturated carbocycles. The summed E-state index contributed by atoms with van der Waals surface area (Å²) >= 11 is 0. The summed E-state index contributed by atoms with van der Waals surface area (Å²) < 4.78 is 12.7. The van der Waals surface area contributed by atoms with Crippen LogP contribution < -0.4 is 9.47 Å². The highest BCUT2D eigenvalue weighted by atomic mass is 16.5. The average Bonchev–Trinajstić information content (AvgIpc) is 2.89. The monoisotopic (exact) mass is 530 g/mol. The van der Waals surface area contributed by atoms with Gasteiger partial charge in [0.15, 0.2) is 11.6 Å². The van der Waals surface area contributed by atoms with E-state index < -0.39 is 34.9 Å². The Bertz CT molecular complexity index is 1570. The number of benzene rings is 3. The van der Waals surface area contributed by atoms with E-state index in [1.807, 2.05) is 30.3 Å². The fourth-order valence-electron chi connectivity index (χ4n) is 5.59. The Kier molecular flexibility index (Phi) is 6.09. The van der Waals surface area contributed by atoms with Crippen LogP contribution in [0, 0.1) is 19.8 Å². The number of carbonyl (C=O) groups is 2. The molecule has 8 heteroatoms. The number of Topliss-reactive ketones (excluding diaryl/α,β-unsaturated/α-hetero) is 1. The summed E-state index contributed by atoms with van der Waals surface area (Å²) in [5, 5.41) is 43.8. The van der Waals surface area contributed by atoms with Gasteiger partial charge in [-0.15, -0.1) is 0 Å². The van der Waals surface area contributed by atoms with E-state index in [2.05, 4.69) is 0 Å². The molecule has 0 saturated heterocycles. The minimum atomic E-state index is -0.990. The summed E-state index contributed by atoms with van der Waals surface area (Å²) in [6, 6.07) is 9.22. The number of phenols is 4. The maximum atomic E-state index is 13.4. The fourth-order valence-corrected chi connectivity index (χ4v) is 5.59. The molecule has 0 spiro atoms. The van der Waals surface area contributed by atoms with Crippen molar-refractivity contribution in [3.05, 3.63) is 75.4 Å². The van der Waals surface area contributed by atoms with Crippen molar-refractivity contribution in [2.75, 3.05) is 0 Å². The summed E-state index contributed by atoms with van der Waals surface area (Å²) in [5.41, 5.74) is 0.456. The Morgan fingerprint density at radius 1 is 0.897 bits per heavy atom. The summed E-state index contributed by atoms with van der Waals surface area (Å²) in [4.78, 5) is 25.6. The third-order valence-electron chi connectivity index (χ3n) is 7.81. The number of allylic oxidation sites excluding steroid dienone is 1. The van der Waals surface area contributed by atoms with E-state index in [0.29, 0.717) is 5.56 Å². The molecule has 0 amide bonds. The molecule has 202 valence electrons. The third-order valence-corrected chi connectivity index (χ3v) is 7.81. The van der Waals surface area contributed by atoms with Crippen molar-refractivity contribution >= 4 is 17.6 Å². The van der Waals surface area contributed by atoms with Gasteiger partial charge in [0, 0.05) is 22.6 Å². The fraction of sp³-hybridized carbons (Fsp3) is 0.290. The minimum Gasteiger partial charge on any atom is -0.507 e. The smallest absolute Gasteiger partial charge is 0.193 e. The lowest BCUT2D eigenvalue weighted by Gasteiger charge is -2.48. The van der Waals surface area contributed by atoms with Crippen molar-refractivity contribution < 1.29 is 39.5 Å². The van der Waals surface area contributed by atoms with Crippen molar-refractivity contribution in [1.29, 1.82) is 0 Å². The second-order valence-electron chi connectivity index (χ2n) is 10.7. The van der Waals surface area contributed by atoms with Gasteiger partial charge in [0.25, 0.3) is 0 Å². The van der Waals surface area contributed by atoms with E-state index in [1.54, 1.807) is 26.8 Å². The highest BCUT2D eigenvalue weighted by molar-refractivity contribution is 6.11. The largest absolute Gasteiger partial charge is 0.507 e. The molecule has 3 aromatic rings. The van der Waals surface area contributed by atoms with Crippen LogP contribution in [0.15, 0.2) is 36.4 Å². The molecule has 5 rings (SSSR count). The molecule has 39 heavy (non-hydrogen) atoms. The lowest BCUT2D eigenvalue weighted by molar-refractivity contribution is -0.0544. The van der Waals surface area contributed by atoms with Gasteiger partial charge in [-0.1, -0.05) is 36.4 Å². The van der Waals surface area contributed by atoms with Crippen LogP contribution >= 0.6 is 0 Å². The topological polar surface area (TPSA) is 134 Å². The molecule has 2 unspecified atom stereocenters. The van der Waals surface area contributed by atoms with Crippen LogP contribution in [-0.4, -0.2) is 37.6 Å². The van der Waals surface area contributed by atoms with Gasteiger partial charge in [-0.2, -0.15) is 0 Å². The van der Waals surface area contributed by atoms with Gasteiger partial charge >= 0.3 is 0 Å². The Labute approximate surface area is 225 Å². The summed E-state index contributed by atoms with van der Waals surface area (Å²) in [7, 11) is 0. The number of phenolic OH excluding ortho intramolecular Hbond substituents is 4. The molecule has 0 aliphatic carbocycles. The van der Waals surface area contributed by atoms with Crippen LogP contribution in [0.25, 0.3) is 6.08 Å². The summed E-state index contributed by atoms with van der Waals surface area (Å²) in [6.45, 7) is 7.92. The van der Waals surface area contributed by atoms with E-state index in [1.165, 1.54) is 19.9 Å². The van der Waals surface area contributed by atoms with E-state index in [4.69, 9.17) is 9.47 Å². The molecule has 3 aromatic carbocycles. The number of hydrogen-bond acceptors (Lipinski definition) is 8. The van der Waals surface area contributed by atoms with Gasteiger partial charge in [-0.05, 0) is 52.7 Å². The highest BCUT2D eigenvalue weighted by Gasteiger charge is 2.52.